The van der Waals surface area contributed by atoms with E-state index in [1.807, 2.05) is 19.1 Å². The molecule has 32 heavy (non-hydrogen) atoms. The Morgan fingerprint density at radius 3 is 2.59 bits per heavy atom. The number of carbonyl (C=O) groups excluding carboxylic acids is 1. The minimum Gasteiger partial charge on any atom is -0.497 e. The van der Waals surface area contributed by atoms with E-state index in [0.29, 0.717) is 38.8 Å². The van der Waals surface area contributed by atoms with Crippen molar-refractivity contribution in [1.29, 1.82) is 0 Å². The zero-order chi connectivity index (χ0) is 22.5. The molecule has 2 aromatic carbocycles. The molecule has 0 atom stereocenters. The number of hydrogen-bond acceptors (Lipinski definition) is 7. The number of rotatable bonds is 7. The molecule has 2 heterocycles. The molecule has 2 aromatic heterocycles. The molecular weight excluding hydrogens is 448 g/mol. The lowest BCUT2D eigenvalue weighted by atomic mass is 10.2. The fourth-order valence-electron chi connectivity index (χ4n) is 2.89. The lowest BCUT2D eigenvalue weighted by Gasteiger charge is -2.10. The van der Waals surface area contributed by atoms with Crippen LogP contribution < -0.4 is 10.1 Å². The molecular formula is C22H19ClN6O2S. The number of nitrogens with zero attached hydrogens (tertiary/aromatic N) is 5. The Morgan fingerprint density at radius 2 is 1.91 bits per heavy atom. The van der Waals surface area contributed by atoms with Crippen LogP contribution in [-0.2, 0) is 5.75 Å². The number of methoxy groups -OCH3 is 1. The van der Waals surface area contributed by atoms with Gasteiger partial charge in [0.05, 0.1) is 18.5 Å². The summed E-state index contributed by atoms with van der Waals surface area (Å²) in [5.41, 5.74) is 3.09. The maximum absolute atomic E-state index is 13.0. The number of benzene rings is 2. The van der Waals surface area contributed by atoms with Gasteiger partial charge in [0.1, 0.15) is 5.75 Å². The Morgan fingerprint density at radius 1 is 1.16 bits per heavy atom. The van der Waals surface area contributed by atoms with Crippen molar-refractivity contribution in [2.45, 2.75) is 17.8 Å². The van der Waals surface area contributed by atoms with Crippen LogP contribution in [0.2, 0.25) is 5.02 Å². The summed E-state index contributed by atoms with van der Waals surface area (Å²) in [7, 11) is 1.59. The number of aryl methyl sites for hydroxylation is 1. The van der Waals surface area contributed by atoms with E-state index in [2.05, 4.69) is 25.6 Å². The van der Waals surface area contributed by atoms with E-state index in [-0.39, 0.29) is 11.6 Å². The predicted octanol–water partition coefficient (Wildman–Crippen LogP) is 4.57. The first-order valence-corrected chi connectivity index (χ1v) is 11.0. The van der Waals surface area contributed by atoms with Crippen molar-refractivity contribution < 1.29 is 9.53 Å². The zero-order valence-corrected chi connectivity index (χ0v) is 18.9. The summed E-state index contributed by atoms with van der Waals surface area (Å²) in [6.07, 6.45) is 3.34. The van der Waals surface area contributed by atoms with Gasteiger partial charge in [-0.2, -0.15) is 0 Å². The highest BCUT2D eigenvalue weighted by Crippen LogP contribution is 2.26. The quantitative estimate of drug-likeness (QED) is 0.315. The zero-order valence-electron chi connectivity index (χ0n) is 17.3. The molecule has 0 aliphatic heterocycles. The van der Waals surface area contributed by atoms with Gasteiger partial charge < -0.3 is 10.1 Å². The molecule has 0 aliphatic carbocycles. The number of amides is 1. The molecule has 4 rings (SSSR count). The highest BCUT2D eigenvalue weighted by Gasteiger charge is 2.22. The van der Waals surface area contributed by atoms with E-state index in [1.165, 1.54) is 11.8 Å². The Labute approximate surface area is 194 Å². The van der Waals surface area contributed by atoms with Crippen LogP contribution in [-0.4, -0.2) is 38.0 Å². The number of anilines is 1. The van der Waals surface area contributed by atoms with E-state index in [1.54, 1.807) is 60.6 Å². The SMILES string of the molecule is COc1ccc(NC(=O)c2nnn(-c3ccc(C)c(Cl)c3)c2CSc2ncccn2)cc1. The maximum Gasteiger partial charge on any atom is 0.278 e. The van der Waals surface area contributed by atoms with Gasteiger partial charge >= 0.3 is 0 Å². The maximum atomic E-state index is 13.0. The highest BCUT2D eigenvalue weighted by molar-refractivity contribution is 7.98. The number of thioether (sulfide) groups is 1. The number of carbonyl (C=O) groups is 1. The van der Waals surface area contributed by atoms with E-state index < -0.39 is 0 Å². The van der Waals surface area contributed by atoms with Gasteiger partial charge in [-0.1, -0.05) is 34.6 Å². The first-order chi connectivity index (χ1) is 15.5. The van der Waals surface area contributed by atoms with Crippen LogP contribution in [0.4, 0.5) is 5.69 Å². The van der Waals surface area contributed by atoms with Gasteiger partial charge in [0.15, 0.2) is 10.9 Å². The van der Waals surface area contributed by atoms with Gasteiger partial charge in [-0.05, 0) is 55.0 Å². The molecule has 0 saturated carbocycles. The Hall–Kier alpha value is -3.43. The number of nitrogens with one attached hydrogen (secondary N) is 1. The van der Waals surface area contributed by atoms with Crippen LogP contribution in [0.3, 0.4) is 0 Å². The molecule has 0 spiro atoms. The third-order valence-corrected chi connectivity index (χ3v) is 5.90. The molecule has 0 aliphatic rings. The average molecular weight is 467 g/mol. The molecule has 0 unspecified atom stereocenters. The monoisotopic (exact) mass is 466 g/mol. The summed E-state index contributed by atoms with van der Waals surface area (Å²) >= 11 is 7.70. The average Bonchev–Trinajstić information content (AvgIpc) is 3.25. The number of hydrogen-bond donors (Lipinski definition) is 1. The minimum absolute atomic E-state index is 0.209. The summed E-state index contributed by atoms with van der Waals surface area (Å²) in [5.74, 6) is 0.711. The Balaban J connectivity index is 1.66. The second-order valence-corrected chi connectivity index (χ2v) is 8.08. The number of aromatic nitrogens is 5. The van der Waals surface area contributed by atoms with Gasteiger partial charge in [-0.15, -0.1) is 5.10 Å². The predicted molar refractivity (Wildman–Crippen MR) is 124 cm³/mol. The largest absolute Gasteiger partial charge is 0.497 e. The van der Waals surface area contributed by atoms with Crippen molar-refractivity contribution >= 4 is 35.0 Å². The summed E-state index contributed by atoms with van der Waals surface area (Å²) in [4.78, 5) is 21.5. The molecule has 1 amide bonds. The van der Waals surface area contributed by atoms with Crippen molar-refractivity contribution in [1.82, 2.24) is 25.0 Å². The first-order valence-electron chi connectivity index (χ1n) is 9.61. The lowest BCUT2D eigenvalue weighted by molar-refractivity contribution is 0.102. The summed E-state index contributed by atoms with van der Waals surface area (Å²) in [6.45, 7) is 1.92. The molecule has 162 valence electrons. The molecule has 10 heteroatoms. The summed E-state index contributed by atoms with van der Waals surface area (Å²) < 4.78 is 6.77. The second kappa shape index (κ2) is 9.80. The first kappa shape index (κ1) is 21.8. The second-order valence-electron chi connectivity index (χ2n) is 6.73. The standard InChI is InChI=1S/C22H19ClN6O2S/c1-14-4-7-16(12-18(14)23)29-19(13-32-22-24-10-3-11-25-22)20(27-28-29)21(30)26-15-5-8-17(31-2)9-6-15/h3-12H,13H2,1-2H3,(H,26,30). The van der Waals surface area contributed by atoms with E-state index >= 15 is 0 Å². The normalized spacial score (nSPS) is 10.7. The lowest BCUT2D eigenvalue weighted by Crippen LogP contribution is -2.15. The van der Waals surface area contributed by atoms with Crippen molar-refractivity contribution in [3.63, 3.8) is 0 Å². The third kappa shape index (κ3) is 4.90. The van der Waals surface area contributed by atoms with E-state index in [0.717, 1.165) is 5.56 Å². The van der Waals surface area contributed by atoms with Gasteiger partial charge in [0.2, 0.25) is 0 Å². The van der Waals surface area contributed by atoms with Crippen molar-refractivity contribution in [3.05, 3.63) is 82.9 Å². The van der Waals surface area contributed by atoms with Crippen LogP contribution in [0, 0.1) is 6.92 Å². The van der Waals surface area contributed by atoms with Crippen LogP contribution >= 0.6 is 23.4 Å². The van der Waals surface area contributed by atoms with Crippen LogP contribution in [0.5, 0.6) is 5.75 Å². The fourth-order valence-corrected chi connectivity index (χ4v) is 3.86. The van der Waals surface area contributed by atoms with Crippen molar-refractivity contribution in [2.24, 2.45) is 0 Å². The van der Waals surface area contributed by atoms with Crippen LogP contribution in [0.15, 0.2) is 66.1 Å². The van der Waals surface area contributed by atoms with Crippen molar-refractivity contribution in [2.75, 3.05) is 12.4 Å². The molecule has 0 fully saturated rings. The summed E-state index contributed by atoms with van der Waals surface area (Å²) in [6, 6.07) is 14.4. The molecule has 0 radical (unpaired) electrons. The Bertz CT molecular complexity index is 1230. The topological polar surface area (TPSA) is 94.8 Å². The van der Waals surface area contributed by atoms with Gasteiger partial charge in [0, 0.05) is 28.9 Å². The molecule has 0 bridgehead atoms. The van der Waals surface area contributed by atoms with Gasteiger partial charge in [-0.3, -0.25) is 4.79 Å². The van der Waals surface area contributed by atoms with Crippen LogP contribution in [0.1, 0.15) is 21.7 Å². The molecule has 0 saturated heterocycles. The number of ether oxygens (including phenoxy) is 1. The smallest absolute Gasteiger partial charge is 0.278 e. The van der Waals surface area contributed by atoms with Gasteiger partial charge in [0.25, 0.3) is 5.91 Å². The van der Waals surface area contributed by atoms with E-state index in [4.69, 9.17) is 16.3 Å². The minimum atomic E-state index is -0.371. The van der Waals surface area contributed by atoms with E-state index in [9.17, 15) is 4.79 Å². The van der Waals surface area contributed by atoms with Gasteiger partial charge in [-0.25, -0.2) is 14.6 Å². The molecule has 4 aromatic rings. The highest BCUT2D eigenvalue weighted by atomic mass is 35.5. The molecule has 1 N–H and O–H groups in total. The van der Waals surface area contributed by atoms with Crippen LogP contribution in [0.25, 0.3) is 5.69 Å². The molecule has 8 nitrogen and oxygen atoms in total. The third-order valence-electron chi connectivity index (χ3n) is 4.61. The van der Waals surface area contributed by atoms with Crippen molar-refractivity contribution in [3.8, 4) is 11.4 Å². The number of halogens is 1. The summed E-state index contributed by atoms with van der Waals surface area (Å²) in [5, 5.41) is 12.4. The fraction of sp³-hybridized carbons (Fsp3) is 0.136. The Kier molecular flexibility index (Phi) is 6.67.